The minimum absolute atomic E-state index is 0.106. The number of hydrogen-bond donors (Lipinski definition) is 1. The van der Waals surface area contributed by atoms with Crippen molar-refractivity contribution in [1.82, 2.24) is 9.97 Å². The van der Waals surface area contributed by atoms with Gasteiger partial charge in [-0.15, -0.1) is 0 Å². The number of methoxy groups -OCH3 is 2. The van der Waals surface area contributed by atoms with Crippen LogP contribution in [0.25, 0.3) is 0 Å². The van der Waals surface area contributed by atoms with Crippen LogP contribution in [0.5, 0.6) is 11.5 Å². The van der Waals surface area contributed by atoms with Gasteiger partial charge in [-0.05, 0) is 12.1 Å². The lowest BCUT2D eigenvalue weighted by molar-refractivity contribution is -0.117. The number of halogens is 1. The molecule has 0 radical (unpaired) electrons. The van der Waals surface area contributed by atoms with E-state index in [2.05, 4.69) is 15.3 Å². The number of nitrogens with zero attached hydrogens (tertiary/aromatic N) is 3. The SMILES string of the molecule is COc1ccc(CN2C(=O)CNc3c(Cl)ncnc32)c(OC)c1. The summed E-state index contributed by atoms with van der Waals surface area (Å²) in [5, 5.41) is 3.23. The zero-order chi connectivity index (χ0) is 16.4. The summed E-state index contributed by atoms with van der Waals surface area (Å²) < 4.78 is 10.6. The Balaban J connectivity index is 1.97. The number of carbonyl (C=O) groups is 1. The Morgan fingerprint density at radius 1 is 1.30 bits per heavy atom. The predicted octanol–water partition coefficient (Wildman–Crippen LogP) is 2.11. The van der Waals surface area contributed by atoms with Crippen molar-refractivity contribution in [2.24, 2.45) is 0 Å². The van der Waals surface area contributed by atoms with Gasteiger partial charge in [0.15, 0.2) is 11.0 Å². The Kier molecular flexibility index (Phi) is 4.20. The zero-order valence-electron chi connectivity index (χ0n) is 12.7. The average molecular weight is 335 g/mol. The summed E-state index contributed by atoms with van der Waals surface area (Å²) in [6, 6.07) is 5.45. The highest BCUT2D eigenvalue weighted by Gasteiger charge is 2.28. The number of ether oxygens (including phenoxy) is 2. The van der Waals surface area contributed by atoms with E-state index < -0.39 is 0 Å². The van der Waals surface area contributed by atoms with Crippen molar-refractivity contribution >= 4 is 29.0 Å². The third-order valence-electron chi connectivity index (χ3n) is 3.58. The molecule has 0 saturated heterocycles. The molecule has 0 unspecified atom stereocenters. The fourth-order valence-electron chi connectivity index (χ4n) is 2.41. The van der Waals surface area contributed by atoms with Gasteiger partial charge < -0.3 is 14.8 Å². The van der Waals surface area contributed by atoms with Gasteiger partial charge in [0, 0.05) is 11.6 Å². The van der Waals surface area contributed by atoms with Crippen LogP contribution < -0.4 is 19.7 Å². The molecule has 23 heavy (non-hydrogen) atoms. The molecule has 0 aliphatic carbocycles. The van der Waals surface area contributed by atoms with Crippen LogP contribution in [0, 0.1) is 0 Å². The number of rotatable bonds is 4. The second-order valence-electron chi connectivity index (χ2n) is 4.87. The van der Waals surface area contributed by atoms with Gasteiger partial charge in [-0.3, -0.25) is 9.69 Å². The van der Waals surface area contributed by atoms with Crippen molar-refractivity contribution in [2.75, 3.05) is 31.0 Å². The van der Waals surface area contributed by atoms with Crippen LogP contribution in [-0.4, -0.2) is 36.6 Å². The Morgan fingerprint density at radius 2 is 2.13 bits per heavy atom. The molecule has 120 valence electrons. The molecule has 3 rings (SSSR count). The molecule has 1 N–H and O–H groups in total. The van der Waals surface area contributed by atoms with Crippen molar-refractivity contribution in [3.8, 4) is 11.5 Å². The highest BCUT2D eigenvalue weighted by Crippen LogP contribution is 2.34. The van der Waals surface area contributed by atoms with Crippen LogP contribution in [0.1, 0.15) is 5.56 Å². The first-order valence-electron chi connectivity index (χ1n) is 6.89. The van der Waals surface area contributed by atoms with E-state index in [1.54, 1.807) is 25.2 Å². The van der Waals surface area contributed by atoms with Crippen molar-refractivity contribution in [3.05, 3.63) is 35.2 Å². The summed E-state index contributed by atoms with van der Waals surface area (Å²) >= 11 is 6.06. The number of anilines is 2. The van der Waals surface area contributed by atoms with Gasteiger partial charge in [0.2, 0.25) is 5.91 Å². The van der Waals surface area contributed by atoms with E-state index in [-0.39, 0.29) is 17.6 Å². The number of carbonyl (C=O) groups excluding carboxylic acids is 1. The van der Waals surface area contributed by atoms with Crippen LogP contribution in [0.3, 0.4) is 0 Å². The molecular formula is C15H15ClN4O3. The first-order valence-corrected chi connectivity index (χ1v) is 7.27. The molecule has 1 aliphatic heterocycles. The Labute approximate surface area is 138 Å². The molecule has 1 aromatic heterocycles. The largest absolute Gasteiger partial charge is 0.497 e. The predicted molar refractivity (Wildman–Crippen MR) is 86.3 cm³/mol. The van der Waals surface area contributed by atoms with Gasteiger partial charge in [-0.1, -0.05) is 11.6 Å². The first-order chi connectivity index (χ1) is 11.1. The number of amides is 1. The molecule has 7 nitrogen and oxygen atoms in total. The minimum atomic E-state index is -0.106. The van der Waals surface area contributed by atoms with E-state index in [4.69, 9.17) is 21.1 Å². The molecule has 2 aromatic rings. The second kappa shape index (κ2) is 6.29. The van der Waals surface area contributed by atoms with Gasteiger partial charge in [0.1, 0.15) is 23.5 Å². The van der Waals surface area contributed by atoms with E-state index >= 15 is 0 Å². The number of benzene rings is 1. The maximum Gasteiger partial charge on any atom is 0.247 e. The molecule has 1 aliphatic rings. The van der Waals surface area contributed by atoms with Crippen LogP contribution >= 0.6 is 11.6 Å². The lowest BCUT2D eigenvalue weighted by Crippen LogP contribution is -2.40. The van der Waals surface area contributed by atoms with E-state index in [1.165, 1.54) is 6.33 Å². The Bertz CT molecular complexity index is 753. The lowest BCUT2D eigenvalue weighted by Gasteiger charge is -2.29. The zero-order valence-corrected chi connectivity index (χ0v) is 13.4. The summed E-state index contributed by atoms with van der Waals surface area (Å²) in [5.41, 5.74) is 1.39. The van der Waals surface area contributed by atoms with Crippen LogP contribution in [-0.2, 0) is 11.3 Å². The van der Waals surface area contributed by atoms with Gasteiger partial charge in [0.05, 0.1) is 27.3 Å². The van der Waals surface area contributed by atoms with Gasteiger partial charge in [-0.2, -0.15) is 0 Å². The molecule has 1 aromatic carbocycles. The number of aromatic nitrogens is 2. The average Bonchev–Trinajstić information content (AvgIpc) is 2.57. The van der Waals surface area contributed by atoms with Crippen LogP contribution in [0.2, 0.25) is 5.15 Å². The Morgan fingerprint density at radius 3 is 2.87 bits per heavy atom. The molecule has 0 atom stereocenters. The first kappa shape index (κ1) is 15.4. The van der Waals surface area contributed by atoms with Gasteiger partial charge >= 0.3 is 0 Å². The number of nitrogens with one attached hydrogen (secondary N) is 1. The normalized spacial score (nSPS) is 13.3. The maximum absolute atomic E-state index is 12.3. The van der Waals surface area contributed by atoms with Crippen molar-refractivity contribution in [1.29, 1.82) is 0 Å². The minimum Gasteiger partial charge on any atom is -0.497 e. The third kappa shape index (κ3) is 2.87. The molecular weight excluding hydrogens is 320 g/mol. The molecule has 1 amide bonds. The number of fused-ring (bicyclic) bond motifs is 1. The van der Waals surface area contributed by atoms with Crippen molar-refractivity contribution < 1.29 is 14.3 Å². The van der Waals surface area contributed by atoms with E-state index in [9.17, 15) is 4.79 Å². The van der Waals surface area contributed by atoms with E-state index in [0.717, 1.165) is 5.56 Å². The summed E-state index contributed by atoms with van der Waals surface area (Å²) in [4.78, 5) is 22.0. The lowest BCUT2D eigenvalue weighted by atomic mass is 10.1. The quantitative estimate of drug-likeness (QED) is 0.863. The molecule has 8 heteroatoms. The van der Waals surface area contributed by atoms with E-state index in [1.807, 2.05) is 12.1 Å². The molecule has 0 fully saturated rings. The number of hydrogen-bond acceptors (Lipinski definition) is 6. The van der Waals surface area contributed by atoms with E-state index in [0.29, 0.717) is 29.5 Å². The summed E-state index contributed by atoms with van der Waals surface area (Å²) in [6.07, 6.45) is 1.33. The van der Waals surface area contributed by atoms with Crippen LogP contribution in [0.4, 0.5) is 11.5 Å². The van der Waals surface area contributed by atoms with Gasteiger partial charge in [-0.25, -0.2) is 9.97 Å². The van der Waals surface area contributed by atoms with Crippen LogP contribution in [0.15, 0.2) is 24.5 Å². The standard InChI is InChI=1S/C15H15ClN4O3/c1-22-10-4-3-9(11(5-10)23-2)7-20-12(21)6-17-13-14(16)18-8-19-15(13)20/h3-5,8,17H,6-7H2,1-2H3. The highest BCUT2D eigenvalue weighted by molar-refractivity contribution is 6.33. The summed E-state index contributed by atoms with van der Waals surface area (Å²) in [5.74, 6) is 1.67. The monoisotopic (exact) mass is 334 g/mol. The third-order valence-corrected chi connectivity index (χ3v) is 3.86. The van der Waals surface area contributed by atoms with Crippen molar-refractivity contribution in [2.45, 2.75) is 6.54 Å². The molecule has 0 spiro atoms. The molecule has 2 heterocycles. The smallest absolute Gasteiger partial charge is 0.247 e. The fourth-order valence-corrected chi connectivity index (χ4v) is 2.60. The summed E-state index contributed by atoms with van der Waals surface area (Å²) in [7, 11) is 3.16. The summed E-state index contributed by atoms with van der Waals surface area (Å²) in [6.45, 7) is 0.451. The fraction of sp³-hybridized carbons (Fsp3) is 0.267. The second-order valence-corrected chi connectivity index (χ2v) is 5.23. The Hall–Kier alpha value is -2.54. The highest BCUT2D eigenvalue weighted by atomic mass is 35.5. The van der Waals surface area contributed by atoms with Gasteiger partial charge in [0.25, 0.3) is 0 Å². The molecule has 0 saturated carbocycles. The maximum atomic E-state index is 12.3. The van der Waals surface area contributed by atoms with Crippen molar-refractivity contribution in [3.63, 3.8) is 0 Å². The topological polar surface area (TPSA) is 76.6 Å². The molecule has 0 bridgehead atoms.